The van der Waals surface area contributed by atoms with E-state index in [1.165, 1.54) is 6.07 Å². The number of hydrogen-bond donors (Lipinski definition) is 1. The zero-order valence-corrected chi connectivity index (χ0v) is 13.1. The van der Waals surface area contributed by atoms with Crippen molar-refractivity contribution in [3.8, 4) is 0 Å². The fourth-order valence-electron chi connectivity index (χ4n) is 2.28. The van der Waals surface area contributed by atoms with Crippen molar-refractivity contribution in [2.45, 2.75) is 32.7 Å². The molecular formula is C17H20ClFN2. The number of aryl methyl sites for hydroxylation is 1. The van der Waals surface area contributed by atoms with E-state index in [4.69, 9.17) is 11.6 Å². The largest absolute Gasteiger partial charge is 0.308 e. The van der Waals surface area contributed by atoms with E-state index in [1.807, 2.05) is 19.1 Å². The number of rotatable bonds is 6. The van der Waals surface area contributed by atoms with Gasteiger partial charge in [0, 0.05) is 16.8 Å². The predicted octanol–water partition coefficient (Wildman–Crippen LogP) is 4.47. The third-order valence-electron chi connectivity index (χ3n) is 3.40. The third-order valence-corrected chi connectivity index (χ3v) is 3.76. The smallest absolute Gasteiger partial charge is 0.127 e. The summed E-state index contributed by atoms with van der Waals surface area (Å²) in [4.78, 5) is 4.42. The Bertz CT molecular complexity index is 581. The van der Waals surface area contributed by atoms with Crippen molar-refractivity contribution in [1.82, 2.24) is 10.3 Å². The average Bonchev–Trinajstić information content (AvgIpc) is 2.46. The minimum absolute atomic E-state index is 0.0424. The first-order valence-corrected chi connectivity index (χ1v) is 7.58. The SMILES string of the molecule is CCCNC(Cc1c(F)cccc1Cl)c1cc(C)ccn1. The summed E-state index contributed by atoms with van der Waals surface area (Å²) in [6.07, 6.45) is 3.28. The van der Waals surface area contributed by atoms with Crippen LogP contribution in [0.1, 0.15) is 36.2 Å². The Balaban J connectivity index is 2.28. The van der Waals surface area contributed by atoms with Crippen molar-refractivity contribution in [1.29, 1.82) is 0 Å². The maximum atomic E-state index is 14.0. The summed E-state index contributed by atoms with van der Waals surface area (Å²) in [5, 5.41) is 3.89. The van der Waals surface area contributed by atoms with Crippen LogP contribution in [-0.4, -0.2) is 11.5 Å². The first-order valence-electron chi connectivity index (χ1n) is 7.20. The molecule has 0 aliphatic rings. The van der Waals surface area contributed by atoms with Gasteiger partial charge in [0.1, 0.15) is 5.82 Å². The van der Waals surface area contributed by atoms with Crippen molar-refractivity contribution < 1.29 is 4.39 Å². The third kappa shape index (κ3) is 4.26. The lowest BCUT2D eigenvalue weighted by atomic mass is 10.0. The monoisotopic (exact) mass is 306 g/mol. The van der Waals surface area contributed by atoms with Crippen molar-refractivity contribution in [3.05, 3.63) is 64.2 Å². The summed E-state index contributed by atoms with van der Waals surface area (Å²) in [5.41, 5.74) is 2.60. The maximum Gasteiger partial charge on any atom is 0.127 e. The number of aromatic nitrogens is 1. The summed E-state index contributed by atoms with van der Waals surface area (Å²) in [5.74, 6) is -0.265. The Morgan fingerprint density at radius 3 is 2.81 bits per heavy atom. The molecule has 2 nitrogen and oxygen atoms in total. The highest BCUT2D eigenvalue weighted by molar-refractivity contribution is 6.31. The number of halogens is 2. The summed E-state index contributed by atoms with van der Waals surface area (Å²) in [6, 6.07) is 8.74. The Morgan fingerprint density at radius 2 is 2.14 bits per heavy atom. The molecule has 0 amide bonds. The minimum atomic E-state index is -0.265. The lowest BCUT2D eigenvalue weighted by molar-refractivity contribution is 0.503. The van der Waals surface area contributed by atoms with Gasteiger partial charge in [-0.05, 0) is 56.1 Å². The topological polar surface area (TPSA) is 24.9 Å². The Labute approximate surface area is 130 Å². The fraction of sp³-hybridized carbons (Fsp3) is 0.353. The highest BCUT2D eigenvalue weighted by Crippen LogP contribution is 2.25. The maximum absolute atomic E-state index is 14.0. The number of pyridine rings is 1. The Kier molecular flexibility index (Phi) is 5.71. The van der Waals surface area contributed by atoms with Gasteiger partial charge in [-0.2, -0.15) is 0 Å². The molecule has 1 aromatic carbocycles. The summed E-state index contributed by atoms with van der Waals surface area (Å²) < 4.78 is 14.0. The molecule has 0 fully saturated rings. The number of hydrogen-bond acceptors (Lipinski definition) is 2. The molecule has 0 saturated carbocycles. The van der Waals surface area contributed by atoms with E-state index in [0.717, 1.165) is 24.2 Å². The van der Waals surface area contributed by atoms with Gasteiger partial charge in [-0.1, -0.05) is 24.6 Å². The summed E-state index contributed by atoms with van der Waals surface area (Å²) in [7, 11) is 0. The molecule has 0 spiro atoms. The van der Waals surface area contributed by atoms with Crippen molar-refractivity contribution in [2.75, 3.05) is 6.54 Å². The summed E-state index contributed by atoms with van der Waals surface area (Å²) >= 11 is 6.14. The van der Waals surface area contributed by atoms with Crippen molar-refractivity contribution >= 4 is 11.6 Å². The standard InChI is InChI=1S/C17H20ClFN2/c1-3-8-20-17(16-10-12(2)7-9-21-16)11-13-14(18)5-4-6-15(13)19/h4-7,9-10,17,20H,3,8,11H2,1-2H3. The molecule has 112 valence electrons. The molecule has 2 aromatic rings. The molecule has 0 radical (unpaired) electrons. The van der Waals surface area contributed by atoms with Crippen molar-refractivity contribution in [3.63, 3.8) is 0 Å². The van der Waals surface area contributed by atoms with Crippen LogP contribution in [0.15, 0.2) is 36.5 Å². The van der Waals surface area contributed by atoms with Gasteiger partial charge in [0.15, 0.2) is 0 Å². The molecule has 1 heterocycles. The Hall–Kier alpha value is -1.45. The van der Waals surface area contributed by atoms with Crippen molar-refractivity contribution in [2.24, 2.45) is 0 Å². The second kappa shape index (κ2) is 7.53. The molecule has 4 heteroatoms. The molecule has 2 rings (SSSR count). The molecule has 1 unspecified atom stereocenters. The van der Waals surface area contributed by atoms with Crippen LogP contribution in [0.3, 0.4) is 0 Å². The van der Waals surface area contributed by atoms with E-state index in [0.29, 0.717) is 17.0 Å². The quantitative estimate of drug-likeness (QED) is 0.852. The first-order chi connectivity index (χ1) is 10.1. The van der Waals surface area contributed by atoms with Gasteiger partial charge in [0.2, 0.25) is 0 Å². The van der Waals surface area contributed by atoms with Gasteiger partial charge in [0.25, 0.3) is 0 Å². The van der Waals surface area contributed by atoms with Crippen LogP contribution in [0.25, 0.3) is 0 Å². The number of benzene rings is 1. The molecule has 1 atom stereocenters. The van der Waals surface area contributed by atoms with Crippen LogP contribution in [0, 0.1) is 12.7 Å². The minimum Gasteiger partial charge on any atom is -0.308 e. The molecule has 0 aliphatic heterocycles. The molecule has 0 bridgehead atoms. The van der Waals surface area contributed by atoms with Crippen LogP contribution in [0.2, 0.25) is 5.02 Å². The Morgan fingerprint density at radius 1 is 1.33 bits per heavy atom. The van der Waals surface area contributed by atoms with E-state index < -0.39 is 0 Å². The van der Waals surface area contributed by atoms with Gasteiger partial charge >= 0.3 is 0 Å². The number of nitrogens with one attached hydrogen (secondary N) is 1. The second-order valence-corrected chi connectivity index (χ2v) is 5.58. The van der Waals surface area contributed by atoms with E-state index in [2.05, 4.69) is 17.2 Å². The summed E-state index contributed by atoms with van der Waals surface area (Å²) in [6.45, 7) is 4.98. The van der Waals surface area contributed by atoms with E-state index >= 15 is 0 Å². The van der Waals surface area contributed by atoms with Crippen LogP contribution in [0.5, 0.6) is 0 Å². The van der Waals surface area contributed by atoms with Gasteiger partial charge in [-0.15, -0.1) is 0 Å². The van der Waals surface area contributed by atoms with Crippen LogP contribution in [-0.2, 0) is 6.42 Å². The van der Waals surface area contributed by atoms with Gasteiger partial charge in [-0.25, -0.2) is 4.39 Å². The number of nitrogens with zero attached hydrogens (tertiary/aromatic N) is 1. The van der Waals surface area contributed by atoms with Crippen LogP contribution < -0.4 is 5.32 Å². The van der Waals surface area contributed by atoms with Crippen LogP contribution in [0.4, 0.5) is 4.39 Å². The van der Waals surface area contributed by atoms with Gasteiger partial charge in [0.05, 0.1) is 11.7 Å². The lowest BCUT2D eigenvalue weighted by Gasteiger charge is -2.19. The van der Waals surface area contributed by atoms with Gasteiger partial charge in [-0.3, -0.25) is 4.98 Å². The highest BCUT2D eigenvalue weighted by atomic mass is 35.5. The molecule has 0 aliphatic carbocycles. The predicted molar refractivity (Wildman–Crippen MR) is 85.1 cm³/mol. The molecule has 1 N–H and O–H groups in total. The van der Waals surface area contributed by atoms with Crippen LogP contribution >= 0.6 is 11.6 Å². The fourth-order valence-corrected chi connectivity index (χ4v) is 2.52. The average molecular weight is 307 g/mol. The normalized spacial score (nSPS) is 12.4. The zero-order valence-electron chi connectivity index (χ0n) is 12.4. The highest BCUT2D eigenvalue weighted by Gasteiger charge is 2.17. The van der Waals surface area contributed by atoms with E-state index in [9.17, 15) is 4.39 Å². The zero-order chi connectivity index (χ0) is 15.2. The van der Waals surface area contributed by atoms with Gasteiger partial charge < -0.3 is 5.32 Å². The first kappa shape index (κ1) is 15.9. The molecular weight excluding hydrogens is 287 g/mol. The molecule has 21 heavy (non-hydrogen) atoms. The molecule has 1 aromatic heterocycles. The van der Waals surface area contributed by atoms with E-state index in [-0.39, 0.29) is 11.9 Å². The second-order valence-electron chi connectivity index (χ2n) is 5.17. The van der Waals surface area contributed by atoms with E-state index in [1.54, 1.807) is 18.3 Å². The lowest BCUT2D eigenvalue weighted by Crippen LogP contribution is -2.25. The molecule has 0 saturated heterocycles.